The highest BCUT2D eigenvalue weighted by Crippen LogP contribution is 2.22. The minimum Gasteiger partial charge on any atom is -0.325 e. The van der Waals surface area contributed by atoms with Crippen molar-refractivity contribution in [3.05, 3.63) is 90.0 Å². The van der Waals surface area contributed by atoms with Gasteiger partial charge in [-0.1, -0.05) is 30.3 Å². The molecule has 3 aromatic carbocycles. The molecule has 154 valence electrons. The summed E-state index contributed by atoms with van der Waals surface area (Å²) in [5.41, 5.74) is 2.26. The van der Waals surface area contributed by atoms with Crippen LogP contribution in [0.25, 0.3) is 0 Å². The molecule has 8 heteroatoms. The third-order valence-corrected chi connectivity index (χ3v) is 4.64. The maximum Gasteiger partial charge on any atom is 0.323 e. The lowest BCUT2D eigenvalue weighted by Gasteiger charge is -2.14. The van der Waals surface area contributed by atoms with Crippen LogP contribution in [0.2, 0.25) is 0 Å². The molecule has 3 aromatic rings. The molecule has 0 saturated carbocycles. The Kier molecular flexibility index (Phi) is 5.44. The van der Waals surface area contributed by atoms with Crippen molar-refractivity contribution in [3.8, 4) is 0 Å². The van der Waals surface area contributed by atoms with Crippen LogP contribution < -0.4 is 16.0 Å². The first-order chi connectivity index (χ1) is 15.0. The number of urea groups is 1. The maximum atomic E-state index is 12.4. The van der Waals surface area contributed by atoms with Crippen LogP contribution >= 0.6 is 0 Å². The molecule has 5 amide bonds. The van der Waals surface area contributed by atoms with E-state index in [0.717, 1.165) is 4.90 Å². The van der Waals surface area contributed by atoms with Gasteiger partial charge in [-0.3, -0.25) is 19.3 Å². The third-order valence-electron chi connectivity index (χ3n) is 4.64. The van der Waals surface area contributed by atoms with Gasteiger partial charge in [0.1, 0.15) is 6.54 Å². The number of amides is 5. The molecule has 0 unspecified atom stereocenters. The molecule has 3 N–H and O–H groups in total. The number of benzene rings is 3. The van der Waals surface area contributed by atoms with Gasteiger partial charge in [0, 0.05) is 17.1 Å². The number of imide groups is 1. The molecule has 31 heavy (non-hydrogen) atoms. The smallest absolute Gasteiger partial charge is 0.323 e. The van der Waals surface area contributed by atoms with E-state index in [1.807, 2.05) is 18.2 Å². The van der Waals surface area contributed by atoms with Crippen molar-refractivity contribution in [3.63, 3.8) is 0 Å². The topological polar surface area (TPSA) is 108 Å². The number of nitrogens with one attached hydrogen (secondary N) is 3. The standard InChI is InChI=1S/C23H18N4O4/c28-20(14-27-21(29)18-8-4-5-9-19(18)22(27)30)24-16-10-12-17(13-11-16)26-23(31)25-15-6-2-1-3-7-15/h1-13H,14H2,(H,24,28)(H2,25,26,31). The first-order valence-corrected chi connectivity index (χ1v) is 9.49. The molecule has 0 bridgehead atoms. The van der Waals surface area contributed by atoms with E-state index in [0.29, 0.717) is 28.2 Å². The lowest BCUT2D eigenvalue weighted by atomic mass is 10.1. The first kappa shape index (κ1) is 19.8. The molecule has 0 aromatic heterocycles. The normalized spacial score (nSPS) is 12.3. The summed E-state index contributed by atoms with van der Waals surface area (Å²) in [6, 6.07) is 21.6. The van der Waals surface area contributed by atoms with Gasteiger partial charge in [-0.15, -0.1) is 0 Å². The van der Waals surface area contributed by atoms with Crippen molar-refractivity contribution >= 4 is 40.8 Å². The number of carbonyl (C=O) groups excluding carboxylic acids is 4. The number of fused-ring (bicyclic) bond motifs is 1. The molecule has 1 heterocycles. The molecule has 8 nitrogen and oxygen atoms in total. The van der Waals surface area contributed by atoms with Crippen molar-refractivity contribution in [2.24, 2.45) is 0 Å². The summed E-state index contributed by atoms with van der Waals surface area (Å²) in [6.07, 6.45) is 0. The number of carbonyl (C=O) groups is 4. The summed E-state index contributed by atoms with van der Waals surface area (Å²) in [5.74, 6) is -1.48. The van der Waals surface area contributed by atoms with Gasteiger partial charge < -0.3 is 16.0 Å². The van der Waals surface area contributed by atoms with E-state index in [1.165, 1.54) is 0 Å². The number of hydrogen-bond acceptors (Lipinski definition) is 4. The highest BCUT2D eigenvalue weighted by molar-refractivity contribution is 6.22. The fraction of sp³-hybridized carbons (Fsp3) is 0.0435. The molecule has 0 aliphatic carbocycles. The van der Waals surface area contributed by atoms with Crippen LogP contribution in [0.5, 0.6) is 0 Å². The lowest BCUT2D eigenvalue weighted by Crippen LogP contribution is -2.37. The fourth-order valence-electron chi connectivity index (χ4n) is 3.18. The van der Waals surface area contributed by atoms with Gasteiger partial charge in [0.25, 0.3) is 11.8 Å². The highest BCUT2D eigenvalue weighted by Gasteiger charge is 2.36. The van der Waals surface area contributed by atoms with Crippen molar-refractivity contribution < 1.29 is 19.2 Å². The zero-order chi connectivity index (χ0) is 21.8. The Balaban J connectivity index is 1.32. The van der Waals surface area contributed by atoms with Crippen molar-refractivity contribution in [2.45, 2.75) is 0 Å². The molecule has 0 atom stereocenters. The molecule has 0 saturated heterocycles. The minimum absolute atomic E-state index is 0.296. The van der Waals surface area contributed by atoms with E-state index in [1.54, 1.807) is 60.7 Å². The fourth-order valence-corrected chi connectivity index (χ4v) is 3.18. The predicted molar refractivity (Wildman–Crippen MR) is 116 cm³/mol. The summed E-state index contributed by atoms with van der Waals surface area (Å²) >= 11 is 0. The monoisotopic (exact) mass is 414 g/mol. The average Bonchev–Trinajstić information content (AvgIpc) is 3.01. The van der Waals surface area contributed by atoms with Crippen LogP contribution in [0.15, 0.2) is 78.9 Å². The van der Waals surface area contributed by atoms with Crippen LogP contribution in [0.4, 0.5) is 21.9 Å². The van der Waals surface area contributed by atoms with Gasteiger partial charge in [0.15, 0.2) is 0 Å². The average molecular weight is 414 g/mol. The third kappa shape index (κ3) is 4.43. The number of anilines is 3. The van der Waals surface area contributed by atoms with E-state index in [2.05, 4.69) is 16.0 Å². The van der Waals surface area contributed by atoms with Gasteiger partial charge >= 0.3 is 6.03 Å². The van der Waals surface area contributed by atoms with E-state index in [-0.39, 0.29) is 6.54 Å². The molecule has 0 fully saturated rings. The molecular weight excluding hydrogens is 396 g/mol. The van der Waals surface area contributed by atoms with Crippen LogP contribution in [0.3, 0.4) is 0 Å². The van der Waals surface area contributed by atoms with Crippen molar-refractivity contribution in [2.75, 3.05) is 22.5 Å². The van der Waals surface area contributed by atoms with Crippen LogP contribution in [0.1, 0.15) is 20.7 Å². The lowest BCUT2D eigenvalue weighted by molar-refractivity contribution is -0.116. The molecule has 1 aliphatic rings. The van der Waals surface area contributed by atoms with E-state index in [4.69, 9.17) is 0 Å². The van der Waals surface area contributed by atoms with E-state index in [9.17, 15) is 19.2 Å². The summed E-state index contributed by atoms with van der Waals surface area (Å²) in [5, 5.41) is 8.04. The minimum atomic E-state index is -0.503. The number of para-hydroxylation sites is 1. The van der Waals surface area contributed by atoms with E-state index >= 15 is 0 Å². The number of nitrogens with zero attached hydrogens (tertiary/aromatic N) is 1. The Morgan fingerprint density at radius 1 is 0.613 bits per heavy atom. The Hall–Kier alpha value is -4.46. The largest absolute Gasteiger partial charge is 0.325 e. The Bertz CT molecular complexity index is 1120. The number of rotatable bonds is 5. The summed E-state index contributed by atoms with van der Waals surface area (Å²) in [7, 11) is 0. The second kappa shape index (κ2) is 8.50. The second-order valence-corrected chi connectivity index (χ2v) is 6.81. The number of hydrogen-bond donors (Lipinski definition) is 3. The summed E-state index contributed by atoms with van der Waals surface area (Å²) in [4.78, 5) is 50.0. The van der Waals surface area contributed by atoms with Gasteiger partial charge in [-0.05, 0) is 48.5 Å². The van der Waals surface area contributed by atoms with E-state index < -0.39 is 23.8 Å². The summed E-state index contributed by atoms with van der Waals surface area (Å²) < 4.78 is 0. The van der Waals surface area contributed by atoms with Crippen LogP contribution in [-0.4, -0.2) is 35.2 Å². The Labute approximate surface area is 177 Å². The predicted octanol–water partition coefficient (Wildman–Crippen LogP) is 3.57. The molecular formula is C23H18N4O4. The Morgan fingerprint density at radius 2 is 1.06 bits per heavy atom. The van der Waals surface area contributed by atoms with Crippen LogP contribution in [0, 0.1) is 0 Å². The molecule has 0 spiro atoms. The quantitative estimate of drug-likeness (QED) is 0.555. The van der Waals surface area contributed by atoms with Crippen LogP contribution in [-0.2, 0) is 4.79 Å². The maximum absolute atomic E-state index is 12.4. The molecule has 1 aliphatic heterocycles. The SMILES string of the molecule is O=C(CN1C(=O)c2ccccc2C1=O)Nc1ccc(NC(=O)Nc2ccccc2)cc1. The van der Waals surface area contributed by atoms with Gasteiger partial charge in [-0.2, -0.15) is 0 Å². The van der Waals surface area contributed by atoms with Crippen molar-refractivity contribution in [1.82, 2.24) is 4.90 Å². The van der Waals surface area contributed by atoms with Gasteiger partial charge in [0.2, 0.25) is 5.91 Å². The molecule has 0 radical (unpaired) electrons. The first-order valence-electron chi connectivity index (χ1n) is 9.49. The zero-order valence-electron chi connectivity index (χ0n) is 16.3. The summed E-state index contributed by atoms with van der Waals surface area (Å²) in [6.45, 7) is -0.383. The van der Waals surface area contributed by atoms with Gasteiger partial charge in [0.05, 0.1) is 11.1 Å². The Morgan fingerprint density at radius 3 is 1.61 bits per heavy atom. The van der Waals surface area contributed by atoms with Crippen molar-refractivity contribution in [1.29, 1.82) is 0 Å². The highest BCUT2D eigenvalue weighted by atomic mass is 16.2. The van der Waals surface area contributed by atoms with Gasteiger partial charge in [-0.25, -0.2) is 4.79 Å². The second-order valence-electron chi connectivity index (χ2n) is 6.81. The molecule has 4 rings (SSSR count). The zero-order valence-corrected chi connectivity index (χ0v) is 16.3.